The Hall–Kier alpha value is -3.39. The van der Waals surface area contributed by atoms with Crippen LogP contribution in [0, 0.1) is 11.3 Å². The van der Waals surface area contributed by atoms with Gasteiger partial charge in [0.2, 0.25) is 0 Å². The zero-order valence-electron chi connectivity index (χ0n) is 32.5. The van der Waals surface area contributed by atoms with Gasteiger partial charge in [-0.15, -0.1) is 0 Å². The third-order valence-corrected chi connectivity index (χ3v) is 11.3. The lowest BCUT2D eigenvalue weighted by Crippen LogP contribution is -2.48. The summed E-state index contributed by atoms with van der Waals surface area (Å²) >= 11 is 12.2. The number of rotatable bonds is 18. The van der Waals surface area contributed by atoms with Crippen molar-refractivity contribution in [3.05, 3.63) is 130 Å². The summed E-state index contributed by atoms with van der Waals surface area (Å²) in [6, 6.07) is 31.3. The first-order chi connectivity index (χ1) is 27.1. The highest BCUT2D eigenvalue weighted by Crippen LogP contribution is 2.31. The average molecular weight is 784 g/mol. The normalized spacial score (nSPS) is 16.8. The van der Waals surface area contributed by atoms with Crippen molar-refractivity contribution >= 4 is 23.2 Å². The highest BCUT2D eigenvalue weighted by molar-refractivity contribution is 6.30. The fourth-order valence-electron chi connectivity index (χ4n) is 7.72. The molecule has 2 atom stereocenters. The molecule has 2 aromatic carbocycles. The molecule has 0 bridgehead atoms. The number of nitrogens with two attached hydrogens (primary N) is 1. The molecule has 6 rings (SSSR count). The molecule has 0 radical (unpaired) electrons. The molecule has 0 amide bonds. The summed E-state index contributed by atoms with van der Waals surface area (Å²) in [6.07, 6.45) is 14.1. The number of halogens is 2. The van der Waals surface area contributed by atoms with Crippen LogP contribution >= 0.6 is 23.2 Å². The van der Waals surface area contributed by atoms with Crippen LogP contribution in [0.15, 0.2) is 97.3 Å². The van der Waals surface area contributed by atoms with E-state index in [9.17, 15) is 0 Å². The molecule has 0 saturated carbocycles. The second-order valence-electron chi connectivity index (χ2n) is 14.7. The summed E-state index contributed by atoms with van der Waals surface area (Å²) in [4.78, 5) is 19.5. The Kier molecular flexibility index (Phi) is 18.9. The van der Waals surface area contributed by atoms with Crippen molar-refractivity contribution in [3.8, 4) is 6.07 Å². The molecular formula is C45H60Cl2N8. The quantitative estimate of drug-likeness (QED) is 0.100. The molecule has 10 heteroatoms. The number of benzene rings is 2. The molecule has 2 aromatic heterocycles. The second-order valence-corrected chi connectivity index (χ2v) is 15.6. The van der Waals surface area contributed by atoms with E-state index in [1.807, 2.05) is 48.8 Å². The van der Waals surface area contributed by atoms with Crippen LogP contribution in [0.1, 0.15) is 92.4 Å². The minimum absolute atomic E-state index is 0.173. The van der Waals surface area contributed by atoms with Gasteiger partial charge >= 0.3 is 0 Å². The Labute approximate surface area is 340 Å². The van der Waals surface area contributed by atoms with Gasteiger partial charge in [-0.25, -0.2) is 0 Å². The van der Waals surface area contributed by atoms with Gasteiger partial charge < -0.3 is 15.5 Å². The van der Waals surface area contributed by atoms with Crippen LogP contribution < -0.4 is 5.73 Å². The van der Waals surface area contributed by atoms with Gasteiger partial charge in [0.1, 0.15) is 0 Å². The molecule has 8 nitrogen and oxygen atoms in total. The monoisotopic (exact) mass is 782 g/mol. The van der Waals surface area contributed by atoms with Gasteiger partial charge in [-0.1, -0.05) is 85.3 Å². The topological polar surface area (TPSA) is 88.5 Å². The summed E-state index contributed by atoms with van der Waals surface area (Å²) in [5.41, 5.74) is 10.3. The lowest BCUT2D eigenvalue weighted by Gasteiger charge is -2.39. The minimum atomic E-state index is 0.173. The summed E-state index contributed by atoms with van der Waals surface area (Å²) in [7, 11) is 0. The fourth-order valence-corrected chi connectivity index (χ4v) is 7.97. The molecule has 2 fully saturated rings. The van der Waals surface area contributed by atoms with E-state index in [2.05, 4.69) is 84.2 Å². The van der Waals surface area contributed by atoms with E-state index in [-0.39, 0.29) is 12.1 Å². The molecular weight excluding hydrogens is 723 g/mol. The molecule has 294 valence electrons. The van der Waals surface area contributed by atoms with Crippen LogP contribution in [0.4, 0.5) is 0 Å². The largest absolute Gasteiger partial charge is 0.330 e. The minimum Gasteiger partial charge on any atom is -0.330 e. The van der Waals surface area contributed by atoms with E-state index in [0.717, 1.165) is 99.7 Å². The molecule has 55 heavy (non-hydrogen) atoms. The molecule has 4 heterocycles. The Morgan fingerprint density at radius 3 is 1.35 bits per heavy atom. The number of aromatic nitrogens is 2. The molecule has 2 unspecified atom stereocenters. The number of unbranched alkanes of at least 4 members (excludes halogenated alkanes) is 7. The summed E-state index contributed by atoms with van der Waals surface area (Å²) in [5, 5.41) is 10.1. The van der Waals surface area contributed by atoms with Crippen molar-refractivity contribution in [2.45, 2.75) is 69.9 Å². The second kappa shape index (κ2) is 24.3. The average Bonchev–Trinajstić information content (AvgIpc) is 3.23. The molecule has 2 N–H and O–H groups in total. The highest BCUT2D eigenvalue weighted by Gasteiger charge is 2.28. The number of nitriles is 1. The van der Waals surface area contributed by atoms with Crippen molar-refractivity contribution in [2.24, 2.45) is 5.73 Å². The Balaban J connectivity index is 0.000000211. The summed E-state index contributed by atoms with van der Waals surface area (Å²) in [5.74, 6) is 0. The Morgan fingerprint density at radius 2 is 0.964 bits per heavy atom. The maximum atomic E-state index is 8.60. The molecule has 0 aliphatic carbocycles. The molecule has 0 spiro atoms. The van der Waals surface area contributed by atoms with E-state index < -0.39 is 0 Å². The van der Waals surface area contributed by atoms with Crippen LogP contribution in [0.25, 0.3) is 0 Å². The van der Waals surface area contributed by atoms with E-state index in [4.69, 9.17) is 34.2 Å². The Bertz CT molecular complexity index is 1640. The maximum absolute atomic E-state index is 8.60. The van der Waals surface area contributed by atoms with Crippen LogP contribution in [0.3, 0.4) is 0 Å². The number of pyridine rings is 2. The first-order valence-electron chi connectivity index (χ1n) is 20.4. The lowest BCUT2D eigenvalue weighted by atomic mass is 10.0. The van der Waals surface area contributed by atoms with E-state index >= 15 is 0 Å². The van der Waals surface area contributed by atoms with Gasteiger partial charge in [-0.05, 0) is 105 Å². The smallest absolute Gasteiger partial charge is 0.0777 e. The number of hydrogen-bond donors (Lipinski definition) is 1. The van der Waals surface area contributed by atoms with Crippen LogP contribution in [0.5, 0.6) is 0 Å². The number of piperazine rings is 2. The van der Waals surface area contributed by atoms with Crippen molar-refractivity contribution in [3.63, 3.8) is 0 Å². The predicted octanol–water partition coefficient (Wildman–Crippen LogP) is 8.88. The third kappa shape index (κ3) is 14.2. The molecule has 2 aliphatic heterocycles. The SMILES string of the molecule is N#CCCCCCCN1CCN(C(c2ccc(Cl)cc2)c2ccccn2)CC1.NCCCCCCN1CCN(C(c2ccc(Cl)cc2)c2ccccn2)CC1. The van der Waals surface area contributed by atoms with Crippen molar-refractivity contribution < 1.29 is 0 Å². The number of hydrogen-bond acceptors (Lipinski definition) is 8. The van der Waals surface area contributed by atoms with Crippen LogP contribution in [0.2, 0.25) is 10.0 Å². The first kappa shape index (κ1) is 42.7. The van der Waals surface area contributed by atoms with Crippen molar-refractivity contribution in [1.82, 2.24) is 29.6 Å². The predicted molar refractivity (Wildman–Crippen MR) is 227 cm³/mol. The van der Waals surface area contributed by atoms with Crippen molar-refractivity contribution in [1.29, 1.82) is 5.26 Å². The highest BCUT2D eigenvalue weighted by atomic mass is 35.5. The van der Waals surface area contributed by atoms with Gasteiger partial charge in [0.15, 0.2) is 0 Å². The fraction of sp³-hybridized carbons (Fsp3) is 0.489. The maximum Gasteiger partial charge on any atom is 0.0777 e. The molecule has 2 aliphatic rings. The first-order valence-corrected chi connectivity index (χ1v) is 21.1. The van der Waals surface area contributed by atoms with Crippen LogP contribution in [-0.2, 0) is 0 Å². The summed E-state index contributed by atoms with van der Waals surface area (Å²) in [6.45, 7) is 11.8. The van der Waals surface area contributed by atoms with E-state index in [1.165, 1.54) is 56.2 Å². The van der Waals surface area contributed by atoms with Crippen LogP contribution in [-0.4, -0.2) is 102 Å². The zero-order valence-corrected chi connectivity index (χ0v) is 34.0. The van der Waals surface area contributed by atoms with E-state index in [0.29, 0.717) is 6.42 Å². The zero-order chi connectivity index (χ0) is 38.5. The van der Waals surface area contributed by atoms with Gasteiger partial charge in [0, 0.05) is 81.2 Å². The standard InChI is InChI=1S/C23H29ClN4.C22H31ClN4/c24-21-11-9-20(10-12-21)23(22-8-4-6-14-26-22)28-18-16-27(17-19-28)15-7-3-1-2-5-13-25;23-20-10-8-19(9-11-20)22(21-7-3-5-13-25-21)27-17-15-26(16-18-27)14-6-2-1-4-12-24/h4,6,8-12,14,23H,1-3,5,7,15-19H2;3,5,7-11,13,22H,1-2,4,6,12,14-18,24H2. The van der Waals surface area contributed by atoms with E-state index in [1.54, 1.807) is 0 Å². The van der Waals surface area contributed by atoms with Gasteiger partial charge in [-0.2, -0.15) is 5.26 Å². The third-order valence-electron chi connectivity index (χ3n) is 10.8. The lowest BCUT2D eigenvalue weighted by molar-refractivity contribution is 0.107. The Morgan fingerprint density at radius 1 is 0.545 bits per heavy atom. The van der Waals surface area contributed by atoms with Gasteiger partial charge in [0.25, 0.3) is 0 Å². The number of nitrogens with zero attached hydrogens (tertiary/aromatic N) is 7. The summed E-state index contributed by atoms with van der Waals surface area (Å²) < 4.78 is 0. The van der Waals surface area contributed by atoms with Gasteiger partial charge in [0.05, 0.1) is 29.5 Å². The van der Waals surface area contributed by atoms with Crippen molar-refractivity contribution in [2.75, 3.05) is 72.0 Å². The molecule has 4 aromatic rings. The molecule has 2 saturated heterocycles. The van der Waals surface area contributed by atoms with Gasteiger partial charge in [-0.3, -0.25) is 19.8 Å².